The molecule has 0 amide bonds. The monoisotopic (exact) mass is 730 g/mol. The summed E-state index contributed by atoms with van der Waals surface area (Å²) in [5.41, 5.74) is 3.64. The Morgan fingerprint density at radius 3 is 2.04 bits per heavy atom. The van der Waals surface area contributed by atoms with Crippen LogP contribution >= 0.6 is 8.25 Å². The fourth-order valence-corrected chi connectivity index (χ4v) is 7.85. The Balaban J connectivity index is 1.20. The summed E-state index contributed by atoms with van der Waals surface area (Å²) in [5.74, 6) is 1.37. The number of aryl methyl sites for hydroxylation is 1. The molecule has 4 atom stereocenters. The van der Waals surface area contributed by atoms with E-state index < -0.39 is 32.3 Å². The Morgan fingerprint density at radius 2 is 1.43 bits per heavy atom. The molecule has 2 aromatic heterocycles. The third kappa shape index (κ3) is 6.26. The highest BCUT2D eigenvalue weighted by Crippen LogP contribution is 2.43. The van der Waals surface area contributed by atoms with E-state index in [1.165, 1.54) is 4.57 Å². The van der Waals surface area contributed by atoms with Crippen LogP contribution in [-0.2, 0) is 24.2 Å². The molecule has 1 N–H and O–H groups in total. The molecule has 1 saturated heterocycles. The summed E-state index contributed by atoms with van der Waals surface area (Å²) in [6, 6.07) is 37.0. The van der Waals surface area contributed by atoms with E-state index in [2.05, 4.69) is 0 Å². The van der Waals surface area contributed by atoms with Crippen LogP contribution < -0.4 is 15.2 Å². The number of hydrogen-bond donors (Lipinski definition) is 1. The lowest BCUT2D eigenvalue weighted by Crippen LogP contribution is -2.38. The first-order valence-electron chi connectivity index (χ1n) is 17.2. The van der Waals surface area contributed by atoms with Crippen LogP contribution in [0.15, 0.2) is 126 Å². The van der Waals surface area contributed by atoms with Gasteiger partial charge in [0.1, 0.15) is 41.2 Å². The zero-order valence-electron chi connectivity index (χ0n) is 29.3. The zero-order valence-corrected chi connectivity index (χ0v) is 30.2. The van der Waals surface area contributed by atoms with E-state index in [9.17, 15) is 14.3 Å². The molecule has 1 unspecified atom stereocenters. The number of fused-ring (bicyclic) bond motifs is 4. The molecule has 53 heavy (non-hydrogen) atoms. The van der Waals surface area contributed by atoms with Crippen molar-refractivity contribution in [3.63, 3.8) is 0 Å². The molecule has 7 aromatic rings. The molecule has 1 fully saturated rings. The van der Waals surface area contributed by atoms with Gasteiger partial charge in [-0.3, -0.25) is 4.57 Å². The van der Waals surface area contributed by atoms with Crippen LogP contribution in [-0.4, -0.2) is 51.9 Å². The van der Waals surface area contributed by atoms with Crippen LogP contribution in [0.25, 0.3) is 27.5 Å². The number of hydrogen-bond acceptors (Lipinski definition) is 8. The number of nitrogens with zero attached hydrogens (tertiary/aromatic N) is 3. The first kappa shape index (κ1) is 34.7. The van der Waals surface area contributed by atoms with Crippen molar-refractivity contribution in [2.24, 2.45) is 0 Å². The Bertz CT molecular complexity index is 2450. The van der Waals surface area contributed by atoms with E-state index in [0.717, 1.165) is 33.0 Å². The molecule has 11 nitrogen and oxygen atoms in total. The fourth-order valence-electron chi connectivity index (χ4n) is 7.39. The maximum Gasteiger partial charge on any atom is 0.695 e. The van der Waals surface area contributed by atoms with Crippen LogP contribution in [0.4, 0.5) is 0 Å². The second-order valence-electron chi connectivity index (χ2n) is 13.0. The standard InChI is InChI=1S/C41H36N3O8P/c1-26-24-43(40(45)44-35-22-28-10-8-7-9-27(28)21-34(35)42-39(26)44)38-23-36(52-53(46)47)37(51-38)25-50-41(29-11-5-4-6-12-29,30-13-17-32(48-2)18-14-30)31-15-19-33(49-3)20-16-31/h4-22,24,36-38H,23,25H2,1-3H3/p+1/t36-,37+,38+/m0/s1. The Kier molecular flexibility index (Phi) is 9.28. The molecule has 8 rings (SSSR count). The highest BCUT2D eigenvalue weighted by atomic mass is 31.1. The first-order chi connectivity index (χ1) is 25.8. The van der Waals surface area contributed by atoms with Gasteiger partial charge >= 0.3 is 13.9 Å². The molecule has 0 aliphatic carbocycles. The first-order valence-corrected chi connectivity index (χ1v) is 18.3. The predicted octanol–water partition coefficient (Wildman–Crippen LogP) is 7.46. The second kappa shape index (κ2) is 14.2. The molecular weight excluding hydrogens is 693 g/mol. The van der Waals surface area contributed by atoms with Crippen LogP contribution in [0, 0.1) is 6.92 Å². The van der Waals surface area contributed by atoms with Gasteiger partial charge in [-0.15, -0.1) is 9.42 Å². The third-order valence-corrected chi connectivity index (χ3v) is 10.4. The van der Waals surface area contributed by atoms with Crippen molar-refractivity contribution in [1.82, 2.24) is 14.0 Å². The summed E-state index contributed by atoms with van der Waals surface area (Å²) in [6.45, 7) is 1.83. The number of aromatic nitrogens is 3. The Labute approximate surface area is 305 Å². The van der Waals surface area contributed by atoms with Gasteiger partial charge in [0.05, 0.1) is 31.9 Å². The van der Waals surface area contributed by atoms with Crippen molar-refractivity contribution >= 4 is 35.7 Å². The van der Waals surface area contributed by atoms with Gasteiger partial charge < -0.3 is 18.9 Å². The number of imidazole rings is 1. The van der Waals surface area contributed by atoms with Gasteiger partial charge in [0.2, 0.25) is 0 Å². The van der Waals surface area contributed by atoms with Gasteiger partial charge in [-0.1, -0.05) is 78.9 Å². The predicted molar refractivity (Wildman–Crippen MR) is 201 cm³/mol. The van der Waals surface area contributed by atoms with E-state index in [1.54, 1.807) is 24.8 Å². The van der Waals surface area contributed by atoms with Gasteiger partial charge in [-0.25, -0.2) is 14.2 Å². The van der Waals surface area contributed by atoms with Crippen molar-refractivity contribution in [3.05, 3.63) is 154 Å². The lowest BCUT2D eigenvalue weighted by molar-refractivity contribution is -0.0917. The van der Waals surface area contributed by atoms with Gasteiger partial charge in [-0.05, 0) is 70.8 Å². The molecule has 5 aromatic carbocycles. The number of rotatable bonds is 11. The van der Waals surface area contributed by atoms with Crippen molar-refractivity contribution in [1.29, 1.82) is 0 Å². The molecule has 268 valence electrons. The normalized spacial score (nSPS) is 17.8. The quantitative estimate of drug-likeness (QED) is 0.107. The van der Waals surface area contributed by atoms with Gasteiger partial charge in [-0.2, -0.15) is 0 Å². The molecule has 0 bridgehead atoms. The van der Waals surface area contributed by atoms with E-state index in [-0.39, 0.29) is 18.7 Å². The summed E-state index contributed by atoms with van der Waals surface area (Å²) >= 11 is 0. The highest BCUT2D eigenvalue weighted by Gasteiger charge is 2.46. The molecular formula is C41H37N3O8P+. The van der Waals surface area contributed by atoms with Crippen LogP contribution in [0.2, 0.25) is 0 Å². The average Bonchev–Trinajstić information content (AvgIpc) is 3.77. The maximum absolute atomic E-state index is 14.3. The number of methoxy groups -OCH3 is 2. The summed E-state index contributed by atoms with van der Waals surface area (Å²) in [7, 11) is 0.226. The van der Waals surface area contributed by atoms with Crippen LogP contribution in [0.1, 0.15) is 34.9 Å². The van der Waals surface area contributed by atoms with E-state index in [1.807, 2.05) is 122 Å². The lowest BCUT2D eigenvalue weighted by atomic mass is 9.80. The number of ether oxygens (including phenoxy) is 4. The molecule has 0 saturated carbocycles. The minimum Gasteiger partial charge on any atom is -0.497 e. The topological polar surface area (TPSA) is 123 Å². The number of benzene rings is 5. The maximum atomic E-state index is 14.3. The SMILES string of the molecule is COc1ccc(C(OC[C@H]2O[C@@H](n3cc(C)c4nc5cc6ccccc6cc5n4c3=O)C[C@@H]2O[P+](=O)O)(c2ccccc2)c2ccc(OC)cc2)cc1. The van der Waals surface area contributed by atoms with Crippen molar-refractivity contribution in [2.75, 3.05) is 20.8 Å². The molecule has 1 aliphatic heterocycles. The van der Waals surface area contributed by atoms with Crippen LogP contribution in [0.3, 0.4) is 0 Å². The Morgan fingerprint density at radius 1 is 0.849 bits per heavy atom. The summed E-state index contributed by atoms with van der Waals surface area (Å²) in [4.78, 5) is 29.1. The van der Waals surface area contributed by atoms with Gasteiger partial charge in [0.25, 0.3) is 0 Å². The van der Waals surface area contributed by atoms with Gasteiger partial charge in [0, 0.05) is 22.7 Å². The fraction of sp³-hybridized carbons (Fsp3) is 0.220. The molecule has 3 heterocycles. The largest absolute Gasteiger partial charge is 0.695 e. The van der Waals surface area contributed by atoms with E-state index in [4.69, 9.17) is 28.5 Å². The average molecular weight is 731 g/mol. The van der Waals surface area contributed by atoms with Crippen LogP contribution in [0.5, 0.6) is 11.5 Å². The van der Waals surface area contributed by atoms with Crippen molar-refractivity contribution in [3.8, 4) is 11.5 Å². The minimum absolute atomic E-state index is 0.0622. The van der Waals surface area contributed by atoms with Gasteiger partial charge in [0.15, 0.2) is 0 Å². The minimum atomic E-state index is -3.00. The summed E-state index contributed by atoms with van der Waals surface area (Å²) in [5, 5.41) is 2.01. The zero-order chi connectivity index (χ0) is 36.7. The molecule has 1 aliphatic rings. The summed E-state index contributed by atoms with van der Waals surface area (Å²) in [6.07, 6.45) is -0.697. The smallest absolute Gasteiger partial charge is 0.497 e. The van der Waals surface area contributed by atoms with Crippen molar-refractivity contribution < 1.29 is 32.9 Å². The molecule has 0 radical (unpaired) electrons. The van der Waals surface area contributed by atoms with Crippen molar-refractivity contribution in [2.45, 2.75) is 37.4 Å². The second-order valence-corrected chi connectivity index (χ2v) is 13.7. The Hall–Kier alpha value is -5.42. The lowest BCUT2D eigenvalue weighted by Gasteiger charge is -2.37. The third-order valence-electron chi connectivity index (χ3n) is 9.97. The highest BCUT2D eigenvalue weighted by molar-refractivity contribution is 7.32. The molecule has 12 heteroatoms. The van der Waals surface area contributed by atoms with E-state index in [0.29, 0.717) is 28.2 Å². The molecule has 0 spiro atoms. The summed E-state index contributed by atoms with van der Waals surface area (Å²) < 4.78 is 45.4. The van der Waals surface area contributed by atoms with E-state index >= 15 is 0 Å².